The van der Waals surface area contributed by atoms with Gasteiger partial charge in [-0.25, -0.2) is 0 Å². The molecule has 3 nitrogen and oxygen atoms in total. The van der Waals surface area contributed by atoms with E-state index in [2.05, 4.69) is 19.2 Å². The molecule has 0 aromatic carbocycles. The lowest BCUT2D eigenvalue weighted by atomic mass is 9.84. The predicted molar refractivity (Wildman–Crippen MR) is 73.3 cm³/mol. The Morgan fingerprint density at radius 2 is 1.89 bits per heavy atom. The van der Waals surface area contributed by atoms with Gasteiger partial charge in [-0.15, -0.1) is 0 Å². The summed E-state index contributed by atoms with van der Waals surface area (Å²) in [5, 5.41) is 2.81. The number of ketones is 1. The van der Waals surface area contributed by atoms with Gasteiger partial charge in [0.05, 0.1) is 6.54 Å². The molecule has 1 amide bonds. The maximum absolute atomic E-state index is 12.1. The molecule has 1 aliphatic carbocycles. The minimum atomic E-state index is 0.0836. The third-order valence-electron chi connectivity index (χ3n) is 3.91. The molecule has 0 spiro atoms. The van der Waals surface area contributed by atoms with Crippen LogP contribution in [0.2, 0.25) is 0 Å². The molecule has 0 radical (unpaired) electrons. The van der Waals surface area contributed by atoms with Crippen molar-refractivity contribution in [3.63, 3.8) is 0 Å². The zero-order valence-corrected chi connectivity index (χ0v) is 11.8. The van der Waals surface area contributed by atoms with Gasteiger partial charge in [0.25, 0.3) is 0 Å². The number of carbonyl (C=O) groups is 2. The van der Waals surface area contributed by atoms with Gasteiger partial charge in [-0.3, -0.25) is 9.59 Å². The molecule has 18 heavy (non-hydrogen) atoms. The van der Waals surface area contributed by atoms with Crippen molar-refractivity contribution in [2.45, 2.75) is 65.2 Å². The first-order valence-corrected chi connectivity index (χ1v) is 7.49. The van der Waals surface area contributed by atoms with Crippen LogP contribution in [-0.4, -0.2) is 18.2 Å². The second kappa shape index (κ2) is 8.28. The zero-order valence-electron chi connectivity index (χ0n) is 11.8. The van der Waals surface area contributed by atoms with E-state index in [9.17, 15) is 9.59 Å². The average molecular weight is 253 g/mol. The number of unbranched alkanes of at least 4 members (excludes halogenated alkanes) is 1. The molecular weight excluding hydrogens is 226 g/mol. The van der Waals surface area contributed by atoms with Gasteiger partial charge in [0.1, 0.15) is 0 Å². The van der Waals surface area contributed by atoms with Crippen molar-refractivity contribution >= 4 is 11.7 Å². The third-order valence-corrected chi connectivity index (χ3v) is 3.91. The number of Topliss-reactive ketones (excluding diaryl/α,β-unsaturated/α-hetero) is 1. The van der Waals surface area contributed by atoms with Crippen molar-refractivity contribution < 1.29 is 9.59 Å². The molecule has 104 valence electrons. The number of hydrogen-bond acceptors (Lipinski definition) is 2. The minimum absolute atomic E-state index is 0.0836. The first-order valence-electron chi connectivity index (χ1n) is 7.49. The van der Waals surface area contributed by atoms with E-state index in [0.717, 1.165) is 51.4 Å². The molecular formula is C15H27NO2. The summed E-state index contributed by atoms with van der Waals surface area (Å²) in [6, 6.07) is 0. The van der Waals surface area contributed by atoms with Gasteiger partial charge in [0.15, 0.2) is 5.78 Å². The van der Waals surface area contributed by atoms with Crippen molar-refractivity contribution in [3.8, 4) is 0 Å². The Hall–Kier alpha value is -0.860. The Bertz CT molecular complexity index is 272. The molecule has 0 aromatic heterocycles. The second-order valence-electron chi connectivity index (χ2n) is 5.44. The first-order chi connectivity index (χ1) is 8.69. The van der Waals surface area contributed by atoms with Crippen LogP contribution in [0.3, 0.4) is 0 Å². The number of carbonyl (C=O) groups excluding carboxylic acids is 2. The van der Waals surface area contributed by atoms with Gasteiger partial charge in [-0.1, -0.05) is 39.5 Å². The van der Waals surface area contributed by atoms with Crippen LogP contribution in [-0.2, 0) is 9.59 Å². The van der Waals surface area contributed by atoms with E-state index in [1.165, 1.54) is 0 Å². The van der Waals surface area contributed by atoms with Crippen LogP contribution in [0, 0.1) is 11.8 Å². The summed E-state index contributed by atoms with van der Waals surface area (Å²) in [6.45, 7) is 4.49. The molecule has 0 bridgehead atoms. The smallest absolute Gasteiger partial charge is 0.223 e. The molecule has 3 heteroatoms. The van der Waals surface area contributed by atoms with Crippen LogP contribution in [0.15, 0.2) is 0 Å². The largest absolute Gasteiger partial charge is 0.349 e. The summed E-state index contributed by atoms with van der Waals surface area (Å²) in [6.07, 6.45) is 8.34. The monoisotopic (exact) mass is 253 g/mol. The van der Waals surface area contributed by atoms with Crippen LogP contribution in [0.1, 0.15) is 65.2 Å². The van der Waals surface area contributed by atoms with Crippen LogP contribution in [0.4, 0.5) is 0 Å². The van der Waals surface area contributed by atoms with Gasteiger partial charge >= 0.3 is 0 Å². The lowest BCUT2D eigenvalue weighted by molar-refractivity contribution is -0.131. The van der Waals surface area contributed by atoms with E-state index >= 15 is 0 Å². The number of amides is 1. The number of nitrogens with one attached hydrogen (secondary N) is 1. The highest BCUT2D eigenvalue weighted by atomic mass is 16.2. The summed E-state index contributed by atoms with van der Waals surface area (Å²) in [4.78, 5) is 23.7. The molecule has 1 aliphatic rings. The number of rotatable bonds is 9. The fourth-order valence-corrected chi connectivity index (χ4v) is 2.40. The Balaban J connectivity index is 2.28. The predicted octanol–water partition coefficient (Wildman–Crippen LogP) is 3.08. The highest BCUT2D eigenvalue weighted by Crippen LogP contribution is 2.26. The first kappa shape index (κ1) is 15.2. The zero-order chi connectivity index (χ0) is 13.4. The SMILES string of the molecule is CCCCC(CCC)C(=O)CNC(=O)C1CCC1. The molecule has 0 aliphatic heterocycles. The Morgan fingerprint density at radius 1 is 1.17 bits per heavy atom. The molecule has 0 heterocycles. The topological polar surface area (TPSA) is 46.2 Å². The van der Waals surface area contributed by atoms with Crippen LogP contribution in [0.5, 0.6) is 0 Å². The number of hydrogen-bond donors (Lipinski definition) is 1. The van der Waals surface area contributed by atoms with Crippen molar-refractivity contribution in [1.29, 1.82) is 0 Å². The molecule has 1 saturated carbocycles. The van der Waals surface area contributed by atoms with E-state index in [1.807, 2.05) is 0 Å². The van der Waals surface area contributed by atoms with Crippen LogP contribution < -0.4 is 5.32 Å². The van der Waals surface area contributed by atoms with E-state index in [-0.39, 0.29) is 30.1 Å². The average Bonchev–Trinajstić information content (AvgIpc) is 2.29. The summed E-state index contributed by atoms with van der Waals surface area (Å²) >= 11 is 0. The third kappa shape index (κ3) is 4.79. The van der Waals surface area contributed by atoms with Crippen molar-refractivity contribution in [2.24, 2.45) is 11.8 Å². The van der Waals surface area contributed by atoms with E-state index in [0.29, 0.717) is 0 Å². The Kier molecular flexibility index (Phi) is 6.99. The minimum Gasteiger partial charge on any atom is -0.349 e. The normalized spacial score (nSPS) is 17.0. The lowest BCUT2D eigenvalue weighted by Crippen LogP contribution is -2.39. The molecule has 1 rings (SSSR count). The highest BCUT2D eigenvalue weighted by molar-refractivity contribution is 5.88. The van der Waals surface area contributed by atoms with Gasteiger partial charge in [0.2, 0.25) is 5.91 Å². The van der Waals surface area contributed by atoms with Gasteiger partial charge in [0, 0.05) is 11.8 Å². The fourth-order valence-electron chi connectivity index (χ4n) is 2.40. The summed E-state index contributed by atoms with van der Waals surface area (Å²) in [7, 11) is 0. The highest BCUT2D eigenvalue weighted by Gasteiger charge is 2.26. The maximum Gasteiger partial charge on any atom is 0.223 e. The molecule has 1 atom stereocenters. The van der Waals surface area contributed by atoms with Crippen molar-refractivity contribution in [1.82, 2.24) is 5.32 Å². The second-order valence-corrected chi connectivity index (χ2v) is 5.44. The van der Waals surface area contributed by atoms with E-state index < -0.39 is 0 Å². The summed E-state index contributed by atoms with van der Waals surface area (Å²) < 4.78 is 0. The van der Waals surface area contributed by atoms with E-state index in [1.54, 1.807) is 0 Å². The molecule has 1 unspecified atom stereocenters. The van der Waals surface area contributed by atoms with Crippen molar-refractivity contribution in [3.05, 3.63) is 0 Å². The Labute approximate surface area is 111 Å². The Morgan fingerprint density at radius 3 is 2.39 bits per heavy atom. The van der Waals surface area contributed by atoms with Crippen molar-refractivity contribution in [2.75, 3.05) is 6.54 Å². The molecule has 0 saturated heterocycles. The quantitative estimate of drug-likeness (QED) is 0.686. The van der Waals surface area contributed by atoms with Crippen LogP contribution >= 0.6 is 0 Å². The molecule has 0 aromatic rings. The van der Waals surface area contributed by atoms with Crippen LogP contribution in [0.25, 0.3) is 0 Å². The van der Waals surface area contributed by atoms with Gasteiger partial charge in [-0.2, -0.15) is 0 Å². The van der Waals surface area contributed by atoms with Gasteiger partial charge in [-0.05, 0) is 25.7 Å². The van der Waals surface area contributed by atoms with Gasteiger partial charge < -0.3 is 5.32 Å². The molecule has 1 N–H and O–H groups in total. The summed E-state index contributed by atoms with van der Waals surface area (Å²) in [5.74, 6) is 0.632. The summed E-state index contributed by atoms with van der Waals surface area (Å²) in [5.41, 5.74) is 0. The van der Waals surface area contributed by atoms with E-state index in [4.69, 9.17) is 0 Å². The fraction of sp³-hybridized carbons (Fsp3) is 0.867. The molecule has 1 fully saturated rings. The lowest BCUT2D eigenvalue weighted by Gasteiger charge is -2.24. The standard InChI is InChI=1S/C15H27NO2/c1-3-5-8-12(7-4-2)14(17)11-16-15(18)13-9-6-10-13/h12-13H,3-11H2,1-2H3,(H,16,18). The maximum atomic E-state index is 12.1.